The van der Waals surface area contributed by atoms with Gasteiger partial charge in [-0.1, -0.05) is 18.2 Å². The number of H-pyrrole nitrogens is 1. The standard InChI is InChI=1S/C14H19N3O/c1-9-4-3-5-12-11(8-16-14(9)12)6-13(18)17-10(2)7-15/h3-5,8,10,16H,6-7,15H2,1-2H3,(H,17,18). The Bertz CT molecular complexity index is 559. The summed E-state index contributed by atoms with van der Waals surface area (Å²) in [5, 5.41) is 3.99. The molecule has 2 aromatic rings. The quantitative estimate of drug-likeness (QED) is 0.763. The van der Waals surface area contributed by atoms with Crippen LogP contribution in [0.5, 0.6) is 0 Å². The van der Waals surface area contributed by atoms with Crippen molar-refractivity contribution >= 4 is 16.8 Å². The zero-order chi connectivity index (χ0) is 13.1. The Labute approximate surface area is 107 Å². The number of fused-ring (bicyclic) bond motifs is 1. The van der Waals surface area contributed by atoms with Crippen LogP contribution in [0, 0.1) is 6.92 Å². The van der Waals surface area contributed by atoms with Crippen LogP contribution in [-0.2, 0) is 11.2 Å². The molecule has 1 aromatic carbocycles. The molecule has 1 heterocycles. The molecule has 0 aliphatic carbocycles. The Morgan fingerprint density at radius 2 is 2.28 bits per heavy atom. The van der Waals surface area contributed by atoms with Crippen LogP contribution < -0.4 is 11.1 Å². The molecule has 1 atom stereocenters. The van der Waals surface area contributed by atoms with E-state index < -0.39 is 0 Å². The molecule has 0 saturated heterocycles. The lowest BCUT2D eigenvalue weighted by Gasteiger charge is -2.10. The Morgan fingerprint density at radius 3 is 3.00 bits per heavy atom. The lowest BCUT2D eigenvalue weighted by Crippen LogP contribution is -2.38. The molecule has 0 aliphatic rings. The van der Waals surface area contributed by atoms with E-state index >= 15 is 0 Å². The summed E-state index contributed by atoms with van der Waals surface area (Å²) < 4.78 is 0. The van der Waals surface area contributed by atoms with Crippen molar-refractivity contribution in [3.63, 3.8) is 0 Å². The van der Waals surface area contributed by atoms with Crippen molar-refractivity contribution in [2.24, 2.45) is 5.73 Å². The maximum absolute atomic E-state index is 11.8. The number of benzene rings is 1. The fourth-order valence-corrected chi connectivity index (χ4v) is 2.07. The largest absolute Gasteiger partial charge is 0.361 e. The lowest BCUT2D eigenvalue weighted by atomic mass is 10.1. The number of aromatic amines is 1. The van der Waals surface area contributed by atoms with Gasteiger partial charge in [0, 0.05) is 29.7 Å². The summed E-state index contributed by atoms with van der Waals surface area (Å²) in [6.07, 6.45) is 2.29. The third kappa shape index (κ3) is 2.54. The van der Waals surface area contributed by atoms with Crippen LogP contribution in [0.3, 0.4) is 0 Å². The molecule has 0 bridgehead atoms. The third-order valence-electron chi connectivity index (χ3n) is 3.12. The number of carbonyl (C=O) groups is 1. The minimum Gasteiger partial charge on any atom is -0.361 e. The van der Waals surface area contributed by atoms with Gasteiger partial charge in [-0.2, -0.15) is 0 Å². The summed E-state index contributed by atoms with van der Waals surface area (Å²) in [7, 11) is 0. The van der Waals surface area contributed by atoms with Gasteiger partial charge in [0.1, 0.15) is 0 Å². The molecule has 0 radical (unpaired) electrons. The van der Waals surface area contributed by atoms with Crippen molar-refractivity contribution in [2.75, 3.05) is 6.54 Å². The number of rotatable bonds is 4. The molecule has 2 rings (SSSR count). The Hall–Kier alpha value is -1.81. The molecule has 4 heteroatoms. The third-order valence-corrected chi connectivity index (χ3v) is 3.12. The topological polar surface area (TPSA) is 70.9 Å². The number of nitrogens with one attached hydrogen (secondary N) is 2. The van der Waals surface area contributed by atoms with Crippen molar-refractivity contribution in [3.8, 4) is 0 Å². The molecule has 1 amide bonds. The summed E-state index contributed by atoms with van der Waals surface area (Å²) in [6.45, 7) is 4.41. The Morgan fingerprint density at radius 1 is 1.50 bits per heavy atom. The molecule has 1 unspecified atom stereocenters. The fraction of sp³-hybridized carbons (Fsp3) is 0.357. The highest BCUT2D eigenvalue weighted by atomic mass is 16.1. The predicted octanol–water partition coefficient (Wildman–Crippen LogP) is 1.48. The van der Waals surface area contributed by atoms with Crippen LogP contribution in [0.15, 0.2) is 24.4 Å². The van der Waals surface area contributed by atoms with Crippen molar-refractivity contribution < 1.29 is 4.79 Å². The van der Waals surface area contributed by atoms with Crippen LogP contribution in [0.2, 0.25) is 0 Å². The van der Waals surface area contributed by atoms with Gasteiger partial charge in [-0.15, -0.1) is 0 Å². The van der Waals surface area contributed by atoms with E-state index in [4.69, 9.17) is 5.73 Å². The average Bonchev–Trinajstić information content (AvgIpc) is 2.74. The van der Waals surface area contributed by atoms with Gasteiger partial charge in [-0.25, -0.2) is 0 Å². The lowest BCUT2D eigenvalue weighted by molar-refractivity contribution is -0.120. The van der Waals surface area contributed by atoms with E-state index in [0.29, 0.717) is 13.0 Å². The fourth-order valence-electron chi connectivity index (χ4n) is 2.07. The van der Waals surface area contributed by atoms with Gasteiger partial charge in [0.2, 0.25) is 5.91 Å². The van der Waals surface area contributed by atoms with E-state index in [1.54, 1.807) is 0 Å². The second kappa shape index (κ2) is 5.23. The van der Waals surface area contributed by atoms with Crippen LogP contribution in [0.4, 0.5) is 0 Å². The number of hydrogen-bond acceptors (Lipinski definition) is 2. The van der Waals surface area contributed by atoms with E-state index in [1.807, 2.05) is 25.3 Å². The molecule has 0 saturated carbocycles. The zero-order valence-corrected chi connectivity index (χ0v) is 10.8. The first-order valence-electron chi connectivity index (χ1n) is 6.17. The molecule has 1 aromatic heterocycles. The summed E-state index contributed by atoms with van der Waals surface area (Å²) in [6, 6.07) is 6.12. The second-order valence-corrected chi connectivity index (χ2v) is 4.69. The predicted molar refractivity (Wildman–Crippen MR) is 73.4 cm³/mol. The number of carbonyl (C=O) groups excluding carboxylic acids is 1. The number of nitrogens with two attached hydrogens (primary N) is 1. The van der Waals surface area contributed by atoms with Crippen LogP contribution in [0.1, 0.15) is 18.1 Å². The van der Waals surface area contributed by atoms with E-state index in [0.717, 1.165) is 16.5 Å². The van der Waals surface area contributed by atoms with Crippen LogP contribution in [-0.4, -0.2) is 23.5 Å². The van der Waals surface area contributed by atoms with Crippen molar-refractivity contribution in [1.29, 1.82) is 0 Å². The van der Waals surface area contributed by atoms with Gasteiger partial charge in [0.05, 0.1) is 6.42 Å². The SMILES string of the molecule is Cc1cccc2c(CC(=O)NC(C)CN)c[nH]c12. The minimum atomic E-state index is 0.00959. The first-order valence-corrected chi connectivity index (χ1v) is 6.17. The highest BCUT2D eigenvalue weighted by Crippen LogP contribution is 2.21. The molecule has 96 valence electrons. The summed E-state index contributed by atoms with van der Waals surface area (Å²) in [5.41, 5.74) is 8.80. The van der Waals surface area contributed by atoms with Gasteiger partial charge >= 0.3 is 0 Å². The van der Waals surface area contributed by atoms with Gasteiger partial charge in [-0.3, -0.25) is 4.79 Å². The number of amides is 1. The van der Waals surface area contributed by atoms with E-state index in [9.17, 15) is 4.79 Å². The first-order chi connectivity index (χ1) is 8.61. The number of hydrogen-bond donors (Lipinski definition) is 3. The van der Waals surface area contributed by atoms with Gasteiger partial charge in [-0.05, 0) is 25.0 Å². The minimum absolute atomic E-state index is 0.00959. The summed E-state index contributed by atoms with van der Waals surface area (Å²) >= 11 is 0. The van der Waals surface area contributed by atoms with Crippen LogP contribution in [0.25, 0.3) is 10.9 Å². The highest BCUT2D eigenvalue weighted by molar-refractivity contribution is 5.90. The highest BCUT2D eigenvalue weighted by Gasteiger charge is 2.11. The first kappa shape index (κ1) is 12.6. The van der Waals surface area contributed by atoms with Gasteiger partial charge in [0.15, 0.2) is 0 Å². The van der Waals surface area contributed by atoms with E-state index in [-0.39, 0.29) is 11.9 Å². The van der Waals surface area contributed by atoms with Gasteiger partial charge in [0.25, 0.3) is 0 Å². The summed E-state index contributed by atoms with van der Waals surface area (Å²) in [5.74, 6) is 0.00959. The number of aromatic nitrogens is 1. The molecular formula is C14H19N3O. The zero-order valence-electron chi connectivity index (χ0n) is 10.8. The Balaban J connectivity index is 2.17. The van der Waals surface area contributed by atoms with E-state index in [2.05, 4.69) is 23.3 Å². The smallest absolute Gasteiger partial charge is 0.224 e. The normalized spacial score (nSPS) is 12.6. The maximum atomic E-state index is 11.8. The van der Waals surface area contributed by atoms with Crippen molar-refractivity contribution in [3.05, 3.63) is 35.5 Å². The molecule has 0 fully saturated rings. The monoisotopic (exact) mass is 245 g/mol. The molecule has 4 nitrogen and oxygen atoms in total. The molecule has 18 heavy (non-hydrogen) atoms. The van der Waals surface area contributed by atoms with Crippen LogP contribution >= 0.6 is 0 Å². The molecule has 0 aliphatic heterocycles. The molecular weight excluding hydrogens is 226 g/mol. The summed E-state index contributed by atoms with van der Waals surface area (Å²) in [4.78, 5) is 15.1. The van der Waals surface area contributed by atoms with Crippen molar-refractivity contribution in [1.82, 2.24) is 10.3 Å². The molecule has 0 spiro atoms. The average molecular weight is 245 g/mol. The van der Waals surface area contributed by atoms with Crippen molar-refractivity contribution in [2.45, 2.75) is 26.3 Å². The van der Waals surface area contributed by atoms with Gasteiger partial charge < -0.3 is 16.0 Å². The maximum Gasteiger partial charge on any atom is 0.224 e. The number of para-hydroxylation sites is 1. The van der Waals surface area contributed by atoms with E-state index in [1.165, 1.54) is 5.56 Å². The molecule has 4 N–H and O–H groups in total. The second-order valence-electron chi connectivity index (χ2n) is 4.69. The number of aryl methyl sites for hydroxylation is 1. The Kier molecular flexibility index (Phi) is 3.67.